The highest BCUT2D eigenvalue weighted by Gasteiger charge is 2.30. The lowest BCUT2D eigenvalue weighted by molar-refractivity contribution is 0.0790. The largest absolute Gasteiger partial charge is 0.380 e. The molecule has 6 heteroatoms. The number of para-hydroxylation sites is 1. The van der Waals surface area contributed by atoms with Crippen LogP contribution in [0.25, 0.3) is 10.9 Å². The summed E-state index contributed by atoms with van der Waals surface area (Å²) >= 11 is 0. The second-order valence-corrected chi connectivity index (χ2v) is 9.08. The minimum atomic E-state index is -0.0781. The van der Waals surface area contributed by atoms with Crippen molar-refractivity contribution in [1.29, 1.82) is 0 Å². The molecule has 6 nitrogen and oxygen atoms in total. The third-order valence-electron chi connectivity index (χ3n) is 6.06. The molecule has 1 fully saturated rings. The maximum absolute atomic E-state index is 13.0. The quantitative estimate of drug-likeness (QED) is 0.585. The van der Waals surface area contributed by atoms with Gasteiger partial charge in [-0.05, 0) is 42.2 Å². The summed E-state index contributed by atoms with van der Waals surface area (Å²) in [5.41, 5.74) is 4.04. The molecule has 2 heterocycles. The summed E-state index contributed by atoms with van der Waals surface area (Å²) in [6.07, 6.45) is 0.825. The Balaban J connectivity index is 1.54. The molecule has 1 aliphatic heterocycles. The van der Waals surface area contributed by atoms with Crippen LogP contribution in [-0.2, 0) is 11.3 Å². The fourth-order valence-corrected chi connectivity index (χ4v) is 4.26. The Labute approximate surface area is 195 Å². The molecular formula is C27H31N3O3. The van der Waals surface area contributed by atoms with E-state index >= 15 is 0 Å². The number of hydrogen-bond donors (Lipinski definition) is 1. The van der Waals surface area contributed by atoms with Crippen LogP contribution >= 0.6 is 0 Å². The lowest BCUT2D eigenvalue weighted by atomic mass is 9.99. The molecule has 0 radical (unpaired) electrons. The van der Waals surface area contributed by atoms with Crippen LogP contribution in [0.2, 0.25) is 0 Å². The first-order valence-electron chi connectivity index (χ1n) is 11.5. The van der Waals surface area contributed by atoms with E-state index in [2.05, 4.69) is 19.2 Å². The van der Waals surface area contributed by atoms with E-state index in [9.17, 15) is 9.59 Å². The van der Waals surface area contributed by atoms with Crippen molar-refractivity contribution in [3.8, 4) is 0 Å². The van der Waals surface area contributed by atoms with Crippen LogP contribution in [0.1, 0.15) is 58.2 Å². The van der Waals surface area contributed by atoms with Gasteiger partial charge >= 0.3 is 0 Å². The number of hydrogen-bond acceptors (Lipinski definition) is 4. The van der Waals surface area contributed by atoms with Crippen molar-refractivity contribution >= 4 is 22.7 Å². The zero-order valence-corrected chi connectivity index (χ0v) is 19.5. The third kappa shape index (κ3) is 5.22. The molecule has 1 N–H and O–H groups in total. The van der Waals surface area contributed by atoms with E-state index in [1.54, 1.807) is 7.11 Å². The molecule has 0 aliphatic carbocycles. The van der Waals surface area contributed by atoms with Crippen molar-refractivity contribution in [3.63, 3.8) is 0 Å². The number of likely N-dealkylation sites (tertiary alicyclic amines) is 1. The van der Waals surface area contributed by atoms with Gasteiger partial charge in [-0.1, -0.05) is 44.2 Å². The minimum absolute atomic E-state index is 0.0251. The van der Waals surface area contributed by atoms with Crippen LogP contribution in [0.5, 0.6) is 0 Å². The molecule has 2 aromatic carbocycles. The van der Waals surface area contributed by atoms with Crippen LogP contribution < -0.4 is 5.32 Å². The van der Waals surface area contributed by atoms with Gasteiger partial charge in [-0.25, -0.2) is 0 Å². The van der Waals surface area contributed by atoms with Crippen LogP contribution in [0, 0.1) is 5.92 Å². The zero-order valence-electron chi connectivity index (χ0n) is 19.5. The van der Waals surface area contributed by atoms with E-state index in [0.29, 0.717) is 43.3 Å². The third-order valence-corrected chi connectivity index (χ3v) is 6.06. The smallest absolute Gasteiger partial charge is 0.253 e. The number of nitrogens with zero attached hydrogens (tertiary/aromatic N) is 2. The molecule has 0 bridgehead atoms. The fraction of sp³-hybridized carbons (Fsp3) is 0.370. The number of pyridine rings is 1. The van der Waals surface area contributed by atoms with E-state index in [-0.39, 0.29) is 17.7 Å². The van der Waals surface area contributed by atoms with Gasteiger partial charge in [-0.3, -0.25) is 14.6 Å². The molecule has 1 saturated heterocycles. The molecule has 33 heavy (non-hydrogen) atoms. The van der Waals surface area contributed by atoms with Crippen LogP contribution in [0.3, 0.4) is 0 Å². The number of benzene rings is 2. The summed E-state index contributed by atoms with van der Waals surface area (Å²) in [7, 11) is 1.66. The summed E-state index contributed by atoms with van der Waals surface area (Å²) in [5.74, 6) is 0.422. The number of rotatable bonds is 7. The number of aromatic nitrogens is 1. The topological polar surface area (TPSA) is 71.5 Å². The molecule has 0 spiro atoms. The average Bonchev–Trinajstić information content (AvgIpc) is 3.32. The summed E-state index contributed by atoms with van der Waals surface area (Å²) in [6, 6.07) is 17.2. The molecule has 0 saturated carbocycles. The van der Waals surface area contributed by atoms with E-state index in [4.69, 9.17) is 9.72 Å². The van der Waals surface area contributed by atoms with Crippen molar-refractivity contribution in [3.05, 3.63) is 77.0 Å². The second-order valence-electron chi connectivity index (χ2n) is 9.08. The minimum Gasteiger partial charge on any atom is -0.380 e. The Hall–Kier alpha value is -3.25. The molecule has 0 unspecified atom stereocenters. The van der Waals surface area contributed by atoms with Crippen molar-refractivity contribution in [2.45, 2.75) is 32.8 Å². The zero-order chi connectivity index (χ0) is 23.4. The Morgan fingerprint density at radius 1 is 1.15 bits per heavy atom. The van der Waals surface area contributed by atoms with Crippen LogP contribution in [-0.4, -0.2) is 48.4 Å². The highest BCUT2D eigenvalue weighted by Crippen LogP contribution is 2.30. The van der Waals surface area contributed by atoms with Gasteiger partial charge in [0.15, 0.2) is 0 Å². The molecule has 1 aliphatic rings. The Morgan fingerprint density at radius 3 is 2.64 bits per heavy atom. The average molecular weight is 446 g/mol. The number of amides is 2. The molecule has 1 aromatic heterocycles. The number of methoxy groups -OCH3 is 1. The Kier molecular flexibility index (Phi) is 7.04. The van der Waals surface area contributed by atoms with Gasteiger partial charge in [0.2, 0.25) is 0 Å². The van der Waals surface area contributed by atoms with Gasteiger partial charge in [-0.15, -0.1) is 0 Å². The number of fused-ring (bicyclic) bond motifs is 1. The van der Waals surface area contributed by atoms with Gasteiger partial charge in [0.25, 0.3) is 11.8 Å². The predicted molar refractivity (Wildman–Crippen MR) is 129 cm³/mol. The van der Waals surface area contributed by atoms with Crippen molar-refractivity contribution in [2.24, 2.45) is 5.92 Å². The van der Waals surface area contributed by atoms with Gasteiger partial charge in [-0.2, -0.15) is 0 Å². The summed E-state index contributed by atoms with van der Waals surface area (Å²) in [6.45, 7) is 6.57. The number of carbonyl (C=O) groups is 2. The Bertz CT molecular complexity index is 1140. The first kappa shape index (κ1) is 22.9. The second kappa shape index (κ2) is 10.1. The highest BCUT2D eigenvalue weighted by atomic mass is 16.5. The monoisotopic (exact) mass is 445 g/mol. The van der Waals surface area contributed by atoms with E-state index < -0.39 is 0 Å². The SMILES string of the molecule is COCc1ccc(C(=O)N2CC[C@@H](c3cc(C(=O)NCC(C)C)c4ccccc4n3)C2)cc1. The first-order valence-corrected chi connectivity index (χ1v) is 11.5. The molecule has 3 aromatic rings. The van der Waals surface area contributed by atoms with Gasteiger partial charge in [0, 0.05) is 49.3 Å². The molecule has 172 valence electrons. The molecule has 4 rings (SSSR count). The molecule has 2 amide bonds. The van der Waals surface area contributed by atoms with Crippen LogP contribution in [0.4, 0.5) is 0 Å². The Morgan fingerprint density at radius 2 is 1.91 bits per heavy atom. The van der Waals surface area contributed by atoms with Gasteiger partial charge in [0.05, 0.1) is 17.7 Å². The molecule has 1 atom stereocenters. The lowest BCUT2D eigenvalue weighted by Crippen LogP contribution is -2.29. The first-order chi connectivity index (χ1) is 16.0. The number of carbonyl (C=O) groups excluding carboxylic acids is 2. The summed E-state index contributed by atoms with van der Waals surface area (Å²) in [5, 5.41) is 3.88. The maximum atomic E-state index is 13.0. The standard InChI is InChI=1S/C27H31N3O3/c1-18(2)15-28-26(31)23-14-25(29-24-7-5-4-6-22(23)24)21-12-13-30(16-21)27(32)20-10-8-19(9-11-20)17-33-3/h4-11,14,18,21H,12-13,15-17H2,1-3H3,(H,28,31)/t21-/m1/s1. The molecular weight excluding hydrogens is 414 g/mol. The maximum Gasteiger partial charge on any atom is 0.253 e. The number of ether oxygens (including phenoxy) is 1. The highest BCUT2D eigenvalue weighted by molar-refractivity contribution is 6.06. The van der Waals surface area contributed by atoms with Crippen LogP contribution in [0.15, 0.2) is 54.6 Å². The van der Waals surface area contributed by atoms with E-state index in [0.717, 1.165) is 28.6 Å². The summed E-state index contributed by atoms with van der Waals surface area (Å²) in [4.78, 5) is 32.7. The lowest BCUT2D eigenvalue weighted by Gasteiger charge is -2.18. The van der Waals surface area contributed by atoms with Gasteiger partial charge < -0.3 is 15.0 Å². The van der Waals surface area contributed by atoms with Crippen molar-refractivity contribution < 1.29 is 14.3 Å². The van der Waals surface area contributed by atoms with E-state index in [1.165, 1.54) is 0 Å². The number of nitrogens with one attached hydrogen (secondary N) is 1. The summed E-state index contributed by atoms with van der Waals surface area (Å²) < 4.78 is 5.14. The van der Waals surface area contributed by atoms with Gasteiger partial charge in [0.1, 0.15) is 0 Å². The fourth-order valence-electron chi connectivity index (χ4n) is 4.26. The predicted octanol–water partition coefficient (Wildman–Crippen LogP) is 4.40. The van der Waals surface area contributed by atoms with Crippen molar-refractivity contribution in [2.75, 3.05) is 26.7 Å². The normalized spacial score (nSPS) is 15.9. The van der Waals surface area contributed by atoms with Crippen molar-refractivity contribution in [1.82, 2.24) is 15.2 Å². The van der Waals surface area contributed by atoms with E-state index in [1.807, 2.05) is 59.5 Å².